The number of hydrogen-bond acceptors (Lipinski definition) is 1. The van der Waals surface area contributed by atoms with Gasteiger partial charge >= 0.3 is 0 Å². The molecular weight excluding hydrogens is 254 g/mol. The highest BCUT2D eigenvalue weighted by atomic mass is 15.0. The minimum absolute atomic E-state index is 0.388. The summed E-state index contributed by atoms with van der Waals surface area (Å²) >= 11 is 0. The molecule has 0 heterocycles. The lowest BCUT2D eigenvalue weighted by Crippen LogP contribution is -2.52. The first-order valence-corrected chi connectivity index (χ1v) is 8.61. The molecule has 0 aromatic heterocycles. The minimum Gasteiger partial charge on any atom is -0.313 e. The van der Waals surface area contributed by atoms with Crippen LogP contribution >= 0.6 is 0 Å². The largest absolute Gasteiger partial charge is 0.313 e. The topological polar surface area (TPSA) is 12.0 Å². The maximum absolute atomic E-state index is 3.80. The molecule has 0 unspecified atom stereocenters. The van der Waals surface area contributed by atoms with E-state index >= 15 is 0 Å². The smallest absolute Gasteiger partial charge is 0.00836 e. The molecule has 21 heavy (non-hydrogen) atoms. The van der Waals surface area contributed by atoms with Crippen LogP contribution in [0.25, 0.3) is 0 Å². The van der Waals surface area contributed by atoms with Crippen LogP contribution in [0.15, 0.2) is 18.2 Å². The van der Waals surface area contributed by atoms with Crippen molar-refractivity contribution in [2.75, 3.05) is 6.54 Å². The van der Waals surface area contributed by atoms with Gasteiger partial charge in [0.2, 0.25) is 0 Å². The van der Waals surface area contributed by atoms with Crippen molar-refractivity contribution in [3.05, 3.63) is 34.9 Å². The molecule has 0 spiro atoms. The summed E-state index contributed by atoms with van der Waals surface area (Å²) in [4.78, 5) is 0. The SMILES string of the molecule is Cc1ccc(C2(CNC3CC3)CC(C(C)(C)C)C2)cc1C. The van der Waals surface area contributed by atoms with Crippen molar-refractivity contribution < 1.29 is 0 Å². The van der Waals surface area contributed by atoms with E-state index in [4.69, 9.17) is 0 Å². The van der Waals surface area contributed by atoms with E-state index in [9.17, 15) is 0 Å². The number of benzene rings is 1. The average Bonchev–Trinajstić information content (AvgIpc) is 3.14. The summed E-state index contributed by atoms with van der Waals surface area (Å²) in [5.74, 6) is 0.861. The lowest BCUT2D eigenvalue weighted by Gasteiger charge is -2.53. The van der Waals surface area contributed by atoms with Crippen LogP contribution in [0.2, 0.25) is 0 Å². The lowest BCUT2D eigenvalue weighted by atomic mass is 9.52. The third-order valence-corrected chi connectivity index (χ3v) is 5.92. The first kappa shape index (κ1) is 15.1. The fourth-order valence-corrected chi connectivity index (χ4v) is 3.68. The lowest BCUT2D eigenvalue weighted by molar-refractivity contribution is 0.0446. The highest BCUT2D eigenvalue weighted by Gasteiger charge is 2.49. The van der Waals surface area contributed by atoms with Gasteiger partial charge in [0.05, 0.1) is 0 Å². The fraction of sp³-hybridized carbons (Fsp3) is 0.700. The second kappa shape index (κ2) is 5.12. The first-order valence-electron chi connectivity index (χ1n) is 8.61. The van der Waals surface area contributed by atoms with Gasteiger partial charge in [0.15, 0.2) is 0 Å². The molecule has 1 N–H and O–H groups in total. The van der Waals surface area contributed by atoms with Crippen LogP contribution in [0, 0.1) is 25.2 Å². The summed E-state index contributed by atoms with van der Waals surface area (Å²) < 4.78 is 0. The van der Waals surface area contributed by atoms with Gasteiger partial charge in [0.25, 0.3) is 0 Å². The van der Waals surface area contributed by atoms with Crippen LogP contribution < -0.4 is 5.32 Å². The summed E-state index contributed by atoms with van der Waals surface area (Å²) in [5, 5.41) is 3.80. The summed E-state index contributed by atoms with van der Waals surface area (Å²) in [6.45, 7) is 12.8. The molecule has 0 saturated heterocycles. The average molecular weight is 285 g/mol. The Kier molecular flexibility index (Phi) is 3.68. The van der Waals surface area contributed by atoms with Gasteiger partial charge in [0, 0.05) is 18.0 Å². The molecule has 0 bridgehead atoms. The van der Waals surface area contributed by atoms with E-state index in [2.05, 4.69) is 58.1 Å². The maximum atomic E-state index is 3.80. The Morgan fingerprint density at radius 3 is 2.29 bits per heavy atom. The number of hydrogen-bond donors (Lipinski definition) is 1. The van der Waals surface area contributed by atoms with Crippen molar-refractivity contribution in [1.29, 1.82) is 0 Å². The molecular formula is C20H31N. The van der Waals surface area contributed by atoms with Crippen molar-refractivity contribution in [2.24, 2.45) is 11.3 Å². The van der Waals surface area contributed by atoms with Crippen LogP contribution in [0.1, 0.15) is 63.1 Å². The van der Waals surface area contributed by atoms with Gasteiger partial charge in [-0.1, -0.05) is 39.0 Å². The van der Waals surface area contributed by atoms with E-state index in [-0.39, 0.29) is 0 Å². The summed E-state index contributed by atoms with van der Waals surface area (Å²) in [6, 6.07) is 7.95. The molecule has 2 fully saturated rings. The predicted octanol–water partition coefficient (Wildman–Crippen LogP) is 4.75. The molecule has 1 aromatic rings. The molecule has 2 aliphatic carbocycles. The molecule has 1 heteroatoms. The van der Waals surface area contributed by atoms with Crippen LogP contribution in [0.4, 0.5) is 0 Å². The minimum atomic E-state index is 0.388. The second-order valence-corrected chi connectivity index (χ2v) is 8.71. The van der Waals surface area contributed by atoms with Crippen molar-refractivity contribution in [2.45, 2.75) is 71.8 Å². The second-order valence-electron chi connectivity index (χ2n) is 8.71. The molecule has 0 amide bonds. The Morgan fingerprint density at radius 1 is 1.10 bits per heavy atom. The Bertz CT molecular complexity index is 513. The number of nitrogens with one attached hydrogen (secondary N) is 1. The van der Waals surface area contributed by atoms with Crippen LogP contribution in [-0.4, -0.2) is 12.6 Å². The van der Waals surface area contributed by atoms with Crippen molar-refractivity contribution in [3.8, 4) is 0 Å². The van der Waals surface area contributed by atoms with Crippen LogP contribution in [-0.2, 0) is 5.41 Å². The standard InChI is InChI=1S/C20H31N/c1-14-6-7-16(10-15(14)2)20(13-21-18-8-9-18)11-17(12-20)19(3,4)5/h6-7,10,17-18,21H,8-9,11-13H2,1-5H3. The normalized spacial score (nSPS) is 29.3. The number of aryl methyl sites for hydroxylation is 2. The molecule has 2 aliphatic rings. The maximum Gasteiger partial charge on any atom is 0.00836 e. The Hall–Kier alpha value is -0.820. The molecule has 1 nitrogen and oxygen atoms in total. The van der Waals surface area contributed by atoms with Gasteiger partial charge in [-0.3, -0.25) is 0 Å². The van der Waals surface area contributed by atoms with Gasteiger partial charge < -0.3 is 5.32 Å². The van der Waals surface area contributed by atoms with Crippen LogP contribution in [0.3, 0.4) is 0 Å². The zero-order valence-electron chi connectivity index (χ0n) is 14.4. The van der Waals surface area contributed by atoms with Crippen molar-refractivity contribution in [1.82, 2.24) is 5.32 Å². The summed E-state index contributed by atoms with van der Waals surface area (Å²) in [5.41, 5.74) is 5.26. The van der Waals surface area contributed by atoms with E-state index in [1.807, 2.05) is 0 Å². The molecule has 0 radical (unpaired) electrons. The van der Waals surface area contributed by atoms with Gasteiger partial charge in [-0.2, -0.15) is 0 Å². The zero-order valence-corrected chi connectivity index (χ0v) is 14.4. The Morgan fingerprint density at radius 2 is 1.76 bits per heavy atom. The molecule has 116 valence electrons. The van der Waals surface area contributed by atoms with Gasteiger partial charge in [0.1, 0.15) is 0 Å². The highest BCUT2D eigenvalue weighted by molar-refractivity contribution is 5.37. The summed E-state index contributed by atoms with van der Waals surface area (Å²) in [6.07, 6.45) is 5.45. The van der Waals surface area contributed by atoms with Crippen molar-refractivity contribution >= 4 is 0 Å². The van der Waals surface area contributed by atoms with Gasteiger partial charge in [-0.25, -0.2) is 0 Å². The predicted molar refractivity (Wildman–Crippen MR) is 90.8 cm³/mol. The van der Waals surface area contributed by atoms with E-state index in [0.29, 0.717) is 10.8 Å². The van der Waals surface area contributed by atoms with Gasteiger partial charge in [-0.15, -0.1) is 0 Å². The van der Waals surface area contributed by atoms with E-state index in [1.165, 1.54) is 43.4 Å². The monoisotopic (exact) mass is 285 g/mol. The van der Waals surface area contributed by atoms with Crippen LogP contribution in [0.5, 0.6) is 0 Å². The zero-order chi connectivity index (χ0) is 15.3. The van der Waals surface area contributed by atoms with Crippen molar-refractivity contribution in [3.63, 3.8) is 0 Å². The third kappa shape index (κ3) is 3.04. The third-order valence-electron chi connectivity index (χ3n) is 5.92. The Labute approximate surface area is 130 Å². The first-order chi connectivity index (χ1) is 9.80. The van der Waals surface area contributed by atoms with E-state index < -0.39 is 0 Å². The molecule has 0 atom stereocenters. The number of rotatable bonds is 4. The molecule has 1 aromatic carbocycles. The van der Waals surface area contributed by atoms with E-state index in [0.717, 1.165) is 12.0 Å². The fourth-order valence-electron chi connectivity index (χ4n) is 3.68. The highest BCUT2D eigenvalue weighted by Crippen LogP contribution is 2.54. The molecule has 2 saturated carbocycles. The molecule has 3 rings (SSSR count). The van der Waals surface area contributed by atoms with E-state index in [1.54, 1.807) is 5.56 Å². The summed E-state index contributed by atoms with van der Waals surface area (Å²) in [7, 11) is 0. The van der Waals surface area contributed by atoms with Gasteiger partial charge in [-0.05, 0) is 67.6 Å². The quantitative estimate of drug-likeness (QED) is 0.842. The Balaban J connectivity index is 1.80. The molecule has 0 aliphatic heterocycles.